The van der Waals surface area contributed by atoms with Crippen LogP contribution in [0.1, 0.15) is 21.6 Å². The summed E-state index contributed by atoms with van der Waals surface area (Å²) in [6, 6.07) is 20.2. The zero-order chi connectivity index (χ0) is 22.7. The van der Waals surface area contributed by atoms with Gasteiger partial charge in [-0.1, -0.05) is 30.3 Å². The Bertz CT molecular complexity index is 1340. The van der Waals surface area contributed by atoms with Crippen LogP contribution in [0.5, 0.6) is 5.75 Å². The van der Waals surface area contributed by atoms with E-state index < -0.39 is 4.92 Å². The van der Waals surface area contributed by atoms with Crippen molar-refractivity contribution < 1.29 is 14.5 Å². The van der Waals surface area contributed by atoms with E-state index in [9.17, 15) is 14.9 Å². The highest BCUT2D eigenvalue weighted by Crippen LogP contribution is 2.28. The first-order valence-electron chi connectivity index (χ1n) is 9.85. The quantitative estimate of drug-likeness (QED) is 0.334. The summed E-state index contributed by atoms with van der Waals surface area (Å²) in [5, 5.41) is 14.8. The van der Waals surface area contributed by atoms with Crippen LogP contribution in [0.3, 0.4) is 0 Å². The number of ether oxygens (including phenoxy) is 1. The van der Waals surface area contributed by atoms with Crippen molar-refractivity contribution >= 4 is 33.9 Å². The normalized spacial score (nSPS) is 10.7. The van der Waals surface area contributed by atoms with Crippen molar-refractivity contribution in [3.8, 4) is 5.75 Å². The van der Waals surface area contributed by atoms with Gasteiger partial charge in [0.25, 0.3) is 5.91 Å². The maximum Gasteiger partial charge on any atom is 0.310 e. The number of carbonyl (C=O) groups excluding carboxylic acids is 1. The Labute approximate surface area is 183 Å². The molecule has 0 radical (unpaired) electrons. The van der Waals surface area contributed by atoms with Crippen LogP contribution in [0.15, 0.2) is 72.8 Å². The van der Waals surface area contributed by atoms with Crippen LogP contribution >= 0.6 is 0 Å². The minimum atomic E-state index is -0.504. The molecule has 1 heterocycles. The number of nitrogens with one attached hydrogen (secondary N) is 1. The summed E-state index contributed by atoms with van der Waals surface area (Å²) in [5.74, 6) is -0.190. The second-order valence-electron chi connectivity index (χ2n) is 7.21. The van der Waals surface area contributed by atoms with Crippen molar-refractivity contribution in [1.82, 2.24) is 4.98 Å². The first-order chi connectivity index (χ1) is 15.4. The van der Waals surface area contributed by atoms with Crippen molar-refractivity contribution in [2.45, 2.75) is 13.5 Å². The summed E-state index contributed by atoms with van der Waals surface area (Å²) in [5.41, 5.74) is 9.70. The predicted octanol–water partition coefficient (Wildman–Crippen LogP) is 4.86. The Morgan fingerprint density at radius 3 is 2.66 bits per heavy atom. The highest BCUT2D eigenvalue weighted by molar-refractivity contribution is 6.06. The zero-order valence-electron chi connectivity index (χ0n) is 17.2. The van der Waals surface area contributed by atoms with Crippen molar-refractivity contribution in [3.63, 3.8) is 0 Å². The number of nitrogen functional groups attached to an aromatic ring is 1. The lowest BCUT2D eigenvalue weighted by Crippen LogP contribution is -2.15. The molecule has 0 atom stereocenters. The third-order valence-electron chi connectivity index (χ3n) is 4.93. The minimum absolute atomic E-state index is 0.00229. The molecule has 1 aromatic heterocycles. The van der Waals surface area contributed by atoms with Crippen molar-refractivity contribution in [1.29, 1.82) is 0 Å². The number of nitro groups is 1. The molecule has 0 aliphatic carbocycles. The van der Waals surface area contributed by atoms with Gasteiger partial charge in [-0.3, -0.25) is 19.9 Å². The average molecular weight is 428 g/mol. The standard InChI is InChI=1S/C24H20N4O4/c1-15-12-20(25)19-13-17(10-11-21(19)26-15)27-24(29)18-7-3-2-6-16(18)14-32-23-9-5-4-8-22(23)28(30)31/h2-13H,14H2,1H3,(H2,25,26)(H,27,29). The van der Waals surface area contributed by atoms with Crippen LogP contribution in [-0.4, -0.2) is 15.8 Å². The van der Waals surface area contributed by atoms with E-state index in [1.54, 1.807) is 60.7 Å². The van der Waals surface area contributed by atoms with Gasteiger partial charge >= 0.3 is 5.69 Å². The molecule has 8 nitrogen and oxygen atoms in total. The third kappa shape index (κ3) is 4.34. The number of nitrogens with zero attached hydrogens (tertiary/aromatic N) is 2. The maximum atomic E-state index is 13.0. The monoisotopic (exact) mass is 428 g/mol. The van der Waals surface area contributed by atoms with E-state index in [2.05, 4.69) is 10.3 Å². The molecule has 160 valence electrons. The lowest BCUT2D eigenvalue weighted by molar-refractivity contribution is -0.385. The summed E-state index contributed by atoms with van der Waals surface area (Å²) < 4.78 is 5.66. The fourth-order valence-electron chi connectivity index (χ4n) is 3.42. The number of nitro benzene ring substituents is 1. The Hall–Kier alpha value is -4.46. The van der Waals surface area contributed by atoms with Crippen LogP contribution in [0, 0.1) is 17.0 Å². The second kappa shape index (κ2) is 8.73. The van der Waals surface area contributed by atoms with Crippen molar-refractivity contribution in [2.24, 2.45) is 0 Å². The molecule has 0 saturated carbocycles. The number of para-hydroxylation sites is 2. The van der Waals surface area contributed by atoms with Gasteiger partial charge in [-0.25, -0.2) is 0 Å². The van der Waals surface area contributed by atoms with Gasteiger partial charge < -0.3 is 15.8 Å². The second-order valence-corrected chi connectivity index (χ2v) is 7.21. The molecule has 8 heteroatoms. The fraction of sp³-hybridized carbons (Fsp3) is 0.0833. The zero-order valence-corrected chi connectivity index (χ0v) is 17.2. The smallest absolute Gasteiger partial charge is 0.310 e. The van der Waals surface area contributed by atoms with Gasteiger partial charge in [-0.2, -0.15) is 0 Å². The minimum Gasteiger partial charge on any atom is -0.482 e. The largest absolute Gasteiger partial charge is 0.482 e. The van der Waals surface area contributed by atoms with Gasteiger partial charge in [0.15, 0.2) is 5.75 Å². The number of carbonyl (C=O) groups is 1. The maximum absolute atomic E-state index is 13.0. The molecule has 0 aliphatic heterocycles. The van der Waals surface area contributed by atoms with Gasteiger partial charge in [0, 0.05) is 39.6 Å². The molecule has 4 rings (SSSR count). The summed E-state index contributed by atoms with van der Waals surface area (Å²) in [4.78, 5) is 28.1. The molecule has 1 amide bonds. The van der Waals surface area contributed by atoms with Crippen LogP contribution in [0.4, 0.5) is 17.1 Å². The van der Waals surface area contributed by atoms with E-state index in [0.29, 0.717) is 22.5 Å². The summed E-state index contributed by atoms with van der Waals surface area (Å²) in [7, 11) is 0. The molecular formula is C24H20N4O4. The number of nitrogens with two attached hydrogens (primary N) is 1. The van der Waals surface area contributed by atoms with Crippen molar-refractivity contribution in [3.05, 3.63) is 99.7 Å². The molecule has 0 saturated heterocycles. The highest BCUT2D eigenvalue weighted by Gasteiger charge is 2.16. The number of fused-ring (bicyclic) bond motifs is 1. The molecule has 0 aliphatic rings. The number of hydrogen-bond donors (Lipinski definition) is 2. The fourth-order valence-corrected chi connectivity index (χ4v) is 3.42. The van der Waals surface area contributed by atoms with E-state index in [4.69, 9.17) is 10.5 Å². The summed E-state index contributed by atoms with van der Waals surface area (Å²) in [6.07, 6.45) is 0. The molecular weight excluding hydrogens is 408 g/mol. The summed E-state index contributed by atoms with van der Waals surface area (Å²) in [6.45, 7) is 1.87. The first-order valence-corrected chi connectivity index (χ1v) is 9.85. The highest BCUT2D eigenvalue weighted by atomic mass is 16.6. The molecule has 4 aromatic rings. The molecule has 3 N–H and O–H groups in total. The number of hydrogen-bond acceptors (Lipinski definition) is 6. The average Bonchev–Trinajstić information content (AvgIpc) is 2.78. The first kappa shape index (κ1) is 20.8. The van der Waals surface area contributed by atoms with Crippen LogP contribution < -0.4 is 15.8 Å². The SMILES string of the molecule is Cc1cc(N)c2cc(NC(=O)c3ccccc3COc3ccccc3[N+](=O)[O-])ccc2n1. The number of amides is 1. The topological polar surface area (TPSA) is 120 Å². The molecule has 32 heavy (non-hydrogen) atoms. The van der Waals surface area contributed by atoms with Gasteiger partial charge in [0.05, 0.1) is 10.4 Å². The number of aromatic nitrogens is 1. The van der Waals surface area contributed by atoms with Crippen LogP contribution in [0.25, 0.3) is 10.9 Å². The Morgan fingerprint density at radius 1 is 1.09 bits per heavy atom. The van der Waals surface area contributed by atoms with E-state index in [0.717, 1.165) is 16.6 Å². The molecule has 0 fully saturated rings. The molecule has 0 unspecified atom stereocenters. The lowest BCUT2D eigenvalue weighted by atomic mass is 10.1. The van der Waals surface area contributed by atoms with Gasteiger partial charge in [0.1, 0.15) is 6.61 Å². The number of anilines is 2. The number of benzene rings is 3. The third-order valence-corrected chi connectivity index (χ3v) is 4.93. The van der Waals surface area contributed by atoms with Crippen molar-refractivity contribution in [2.75, 3.05) is 11.1 Å². The number of pyridine rings is 1. The number of aryl methyl sites for hydroxylation is 1. The Balaban J connectivity index is 1.56. The molecule has 0 spiro atoms. The van der Waals surface area contributed by atoms with E-state index in [1.807, 2.05) is 6.92 Å². The summed E-state index contributed by atoms with van der Waals surface area (Å²) >= 11 is 0. The van der Waals surface area contributed by atoms with E-state index in [-0.39, 0.29) is 24.0 Å². The molecule has 0 bridgehead atoms. The predicted molar refractivity (Wildman–Crippen MR) is 123 cm³/mol. The molecule has 3 aromatic carbocycles. The van der Waals surface area contributed by atoms with E-state index in [1.165, 1.54) is 12.1 Å². The van der Waals surface area contributed by atoms with E-state index >= 15 is 0 Å². The number of rotatable bonds is 6. The lowest BCUT2D eigenvalue weighted by Gasteiger charge is -2.12. The van der Waals surface area contributed by atoms with Crippen LogP contribution in [-0.2, 0) is 6.61 Å². The Kier molecular flexibility index (Phi) is 5.67. The van der Waals surface area contributed by atoms with Gasteiger partial charge in [-0.05, 0) is 43.3 Å². The van der Waals surface area contributed by atoms with Gasteiger partial charge in [0.2, 0.25) is 0 Å². The Morgan fingerprint density at radius 2 is 1.84 bits per heavy atom. The van der Waals surface area contributed by atoms with Crippen LogP contribution in [0.2, 0.25) is 0 Å². The van der Waals surface area contributed by atoms with Gasteiger partial charge in [-0.15, -0.1) is 0 Å².